The summed E-state index contributed by atoms with van der Waals surface area (Å²) < 4.78 is 16.7. The Kier molecular flexibility index (Phi) is 4.38. The number of carbonyl (C=O) groups excluding carboxylic acids is 1. The van der Waals surface area contributed by atoms with Crippen molar-refractivity contribution in [1.29, 1.82) is 0 Å². The summed E-state index contributed by atoms with van der Waals surface area (Å²) in [7, 11) is 0. The third-order valence-corrected chi connectivity index (χ3v) is 3.12. The summed E-state index contributed by atoms with van der Waals surface area (Å²) >= 11 is 0. The van der Waals surface area contributed by atoms with Crippen molar-refractivity contribution in [2.45, 2.75) is 45.8 Å². The number of hydrogen-bond acceptors (Lipinski definition) is 4. The first-order valence-corrected chi connectivity index (χ1v) is 7.06. The van der Waals surface area contributed by atoms with Gasteiger partial charge in [0.05, 0.1) is 13.2 Å². The highest BCUT2D eigenvalue weighted by Crippen LogP contribution is 2.27. The largest absolute Gasteiger partial charge is 0.464 e. The predicted octanol–water partition coefficient (Wildman–Crippen LogP) is 3.15. The number of aryl methyl sites for hydroxylation is 1. The van der Waals surface area contributed by atoms with Crippen LogP contribution in [0, 0.1) is 0 Å². The highest BCUT2D eigenvalue weighted by atomic mass is 16.6. The Morgan fingerprint density at radius 3 is 2.80 bits per heavy atom. The van der Waals surface area contributed by atoms with Gasteiger partial charge in [0, 0.05) is 13.0 Å². The molecule has 20 heavy (non-hydrogen) atoms. The van der Waals surface area contributed by atoms with Crippen molar-refractivity contribution in [2.75, 3.05) is 19.8 Å². The van der Waals surface area contributed by atoms with Crippen LogP contribution >= 0.6 is 0 Å². The normalized spacial score (nSPS) is 20.0. The van der Waals surface area contributed by atoms with E-state index in [-0.39, 0.29) is 12.1 Å². The minimum Gasteiger partial charge on any atom is -0.464 e. The van der Waals surface area contributed by atoms with Crippen LogP contribution in [0.5, 0.6) is 0 Å². The monoisotopic (exact) mass is 281 g/mol. The van der Waals surface area contributed by atoms with Gasteiger partial charge in [-0.2, -0.15) is 0 Å². The van der Waals surface area contributed by atoms with Crippen molar-refractivity contribution in [1.82, 2.24) is 4.90 Å². The maximum absolute atomic E-state index is 12.3. The lowest BCUT2D eigenvalue weighted by atomic mass is 10.2. The molecule has 5 heteroatoms. The minimum atomic E-state index is -0.502. The summed E-state index contributed by atoms with van der Waals surface area (Å²) in [6.07, 6.45) is 0.514. The Balaban J connectivity index is 2.14. The first-order valence-electron chi connectivity index (χ1n) is 7.06. The van der Waals surface area contributed by atoms with E-state index in [2.05, 4.69) is 0 Å². The SMILES string of the molecule is CCc1ccc(C2COCCN2C(=O)OC(C)(C)C)o1. The maximum atomic E-state index is 12.3. The van der Waals surface area contributed by atoms with Gasteiger partial charge in [-0.15, -0.1) is 0 Å². The van der Waals surface area contributed by atoms with Crippen LogP contribution in [-0.4, -0.2) is 36.4 Å². The average molecular weight is 281 g/mol. The zero-order valence-electron chi connectivity index (χ0n) is 12.6. The molecular weight excluding hydrogens is 258 g/mol. The van der Waals surface area contributed by atoms with Gasteiger partial charge < -0.3 is 13.9 Å². The first-order chi connectivity index (χ1) is 9.40. The molecule has 0 bridgehead atoms. The zero-order chi connectivity index (χ0) is 14.8. The Labute approximate surface area is 119 Å². The lowest BCUT2D eigenvalue weighted by molar-refractivity contribution is -0.0379. The van der Waals surface area contributed by atoms with Gasteiger partial charge in [-0.3, -0.25) is 4.90 Å². The molecule has 0 radical (unpaired) electrons. The fourth-order valence-corrected chi connectivity index (χ4v) is 2.14. The Morgan fingerprint density at radius 2 is 2.20 bits per heavy atom. The fourth-order valence-electron chi connectivity index (χ4n) is 2.14. The van der Waals surface area contributed by atoms with Crippen LogP contribution < -0.4 is 0 Å². The van der Waals surface area contributed by atoms with E-state index in [1.165, 1.54) is 0 Å². The molecule has 1 atom stereocenters. The first kappa shape index (κ1) is 14.9. The molecule has 0 aromatic carbocycles. The van der Waals surface area contributed by atoms with Gasteiger partial charge in [-0.25, -0.2) is 4.79 Å². The van der Waals surface area contributed by atoms with E-state index in [1.54, 1.807) is 4.90 Å². The van der Waals surface area contributed by atoms with E-state index in [0.717, 1.165) is 17.9 Å². The topological polar surface area (TPSA) is 51.9 Å². The number of morpholine rings is 1. The van der Waals surface area contributed by atoms with E-state index in [0.29, 0.717) is 19.8 Å². The van der Waals surface area contributed by atoms with Crippen LogP contribution in [0.4, 0.5) is 4.79 Å². The zero-order valence-corrected chi connectivity index (χ0v) is 12.6. The van der Waals surface area contributed by atoms with Gasteiger partial charge in [-0.1, -0.05) is 6.92 Å². The molecule has 2 rings (SSSR count). The molecular formula is C15H23NO4. The Hall–Kier alpha value is -1.49. The molecule has 112 valence electrons. The number of ether oxygens (including phenoxy) is 2. The molecule has 0 saturated carbocycles. The van der Waals surface area contributed by atoms with Gasteiger partial charge in [0.25, 0.3) is 0 Å². The molecule has 5 nitrogen and oxygen atoms in total. The van der Waals surface area contributed by atoms with Gasteiger partial charge in [-0.05, 0) is 32.9 Å². The highest BCUT2D eigenvalue weighted by molar-refractivity contribution is 5.69. The third kappa shape index (κ3) is 3.54. The van der Waals surface area contributed by atoms with Gasteiger partial charge in [0.15, 0.2) is 0 Å². The number of amides is 1. The van der Waals surface area contributed by atoms with Crippen molar-refractivity contribution in [2.24, 2.45) is 0 Å². The predicted molar refractivity (Wildman–Crippen MR) is 74.6 cm³/mol. The lowest BCUT2D eigenvalue weighted by Gasteiger charge is -2.35. The number of hydrogen-bond donors (Lipinski definition) is 0. The molecule has 1 fully saturated rings. The quantitative estimate of drug-likeness (QED) is 0.835. The lowest BCUT2D eigenvalue weighted by Crippen LogP contribution is -2.45. The van der Waals surface area contributed by atoms with E-state index >= 15 is 0 Å². The Morgan fingerprint density at radius 1 is 1.45 bits per heavy atom. The number of rotatable bonds is 2. The summed E-state index contributed by atoms with van der Waals surface area (Å²) in [5.74, 6) is 1.67. The average Bonchev–Trinajstić information content (AvgIpc) is 2.85. The molecule has 0 spiro atoms. The van der Waals surface area contributed by atoms with Gasteiger partial charge in [0.1, 0.15) is 23.2 Å². The Bertz CT molecular complexity index is 461. The van der Waals surface area contributed by atoms with Crippen LogP contribution in [0.1, 0.15) is 45.3 Å². The molecule has 2 heterocycles. The van der Waals surface area contributed by atoms with Crippen LogP contribution in [-0.2, 0) is 15.9 Å². The van der Waals surface area contributed by atoms with Crippen molar-refractivity contribution in [3.05, 3.63) is 23.7 Å². The summed E-state index contributed by atoms with van der Waals surface area (Å²) in [5, 5.41) is 0. The molecule has 1 aromatic heterocycles. The number of carbonyl (C=O) groups is 1. The van der Waals surface area contributed by atoms with E-state index in [4.69, 9.17) is 13.9 Å². The van der Waals surface area contributed by atoms with Crippen molar-refractivity contribution in [3.8, 4) is 0 Å². The molecule has 1 unspecified atom stereocenters. The molecule has 1 aliphatic heterocycles. The maximum Gasteiger partial charge on any atom is 0.411 e. The second-order valence-corrected chi connectivity index (χ2v) is 5.92. The van der Waals surface area contributed by atoms with Crippen molar-refractivity contribution in [3.63, 3.8) is 0 Å². The molecule has 1 aliphatic rings. The number of furan rings is 1. The minimum absolute atomic E-state index is 0.209. The van der Waals surface area contributed by atoms with Crippen LogP contribution in [0.15, 0.2) is 16.5 Å². The molecule has 1 saturated heterocycles. The molecule has 0 aliphatic carbocycles. The van der Waals surface area contributed by atoms with Crippen molar-refractivity contribution >= 4 is 6.09 Å². The van der Waals surface area contributed by atoms with Crippen LogP contribution in [0.3, 0.4) is 0 Å². The standard InChI is InChI=1S/C15H23NO4/c1-5-11-6-7-13(19-11)12-10-18-9-8-16(12)14(17)20-15(2,3)4/h6-7,12H,5,8-10H2,1-4H3. The summed E-state index contributed by atoms with van der Waals surface area (Å²) in [6.45, 7) is 9.10. The molecule has 1 aromatic rings. The van der Waals surface area contributed by atoms with Crippen LogP contribution in [0.2, 0.25) is 0 Å². The molecule has 1 amide bonds. The number of nitrogens with zero attached hydrogens (tertiary/aromatic N) is 1. The summed E-state index contributed by atoms with van der Waals surface area (Å²) in [4.78, 5) is 14.0. The molecule has 0 N–H and O–H groups in total. The summed E-state index contributed by atoms with van der Waals surface area (Å²) in [6, 6.07) is 3.64. The smallest absolute Gasteiger partial charge is 0.411 e. The fraction of sp³-hybridized carbons (Fsp3) is 0.667. The second-order valence-electron chi connectivity index (χ2n) is 5.92. The summed E-state index contributed by atoms with van der Waals surface area (Å²) in [5.41, 5.74) is -0.502. The van der Waals surface area contributed by atoms with Gasteiger partial charge in [0.2, 0.25) is 0 Å². The highest BCUT2D eigenvalue weighted by Gasteiger charge is 2.33. The van der Waals surface area contributed by atoms with Crippen molar-refractivity contribution < 1.29 is 18.7 Å². The van der Waals surface area contributed by atoms with Crippen LogP contribution in [0.25, 0.3) is 0 Å². The van der Waals surface area contributed by atoms with E-state index in [1.807, 2.05) is 39.8 Å². The third-order valence-electron chi connectivity index (χ3n) is 3.12. The van der Waals surface area contributed by atoms with E-state index in [9.17, 15) is 4.79 Å². The van der Waals surface area contributed by atoms with Gasteiger partial charge >= 0.3 is 6.09 Å². The second kappa shape index (κ2) is 5.87. The van der Waals surface area contributed by atoms with E-state index < -0.39 is 5.60 Å².